The maximum absolute atomic E-state index is 13.5. The topological polar surface area (TPSA) is 175 Å². The largest absolute Gasteiger partial charge is 0.444 e. The van der Waals surface area contributed by atoms with Crippen LogP contribution in [0.1, 0.15) is 88.5 Å². The van der Waals surface area contributed by atoms with Crippen LogP contribution in [0.25, 0.3) is 0 Å². The van der Waals surface area contributed by atoms with Crippen molar-refractivity contribution >= 4 is 41.5 Å². The molecule has 12 nitrogen and oxygen atoms in total. The Labute approximate surface area is 262 Å². The third-order valence-corrected chi connectivity index (χ3v) is 7.04. The lowest BCUT2D eigenvalue weighted by atomic mass is 9.96. The van der Waals surface area contributed by atoms with E-state index in [2.05, 4.69) is 26.6 Å². The van der Waals surface area contributed by atoms with E-state index in [0.717, 1.165) is 0 Å². The molecule has 5 unspecified atom stereocenters. The number of likely N-dealkylation sites (N-methyl/N-ethyl adjacent to an activating group) is 1. The molecule has 0 aromatic heterocycles. The van der Waals surface area contributed by atoms with Gasteiger partial charge in [-0.05, 0) is 70.3 Å². The van der Waals surface area contributed by atoms with Gasteiger partial charge in [-0.3, -0.25) is 19.2 Å². The summed E-state index contributed by atoms with van der Waals surface area (Å²) in [5.74, 6) is -1.67. The lowest BCUT2D eigenvalue weighted by Gasteiger charge is -2.30. The third kappa shape index (κ3) is 16.8. The van der Waals surface area contributed by atoms with E-state index in [1.165, 1.54) is 11.8 Å². The second-order valence-corrected chi connectivity index (χ2v) is 13.9. The first-order valence-corrected chi connectivity index (χ1v) is 16.6. The van der Waals surface area contributed by atoms with Gasteiger partial charge in [0.05, 0.1) is 18.6 Å². The fourth-order valence-corrected chi connectivity index (χ4v) is 4.69. The van der Waals surface area contributed by atoms with Crippen molar-refractivity contribution in [2.45, 2.75) is 124 Å². The summed E-state index contributed by atoms with van der Waals surface area (Å²) in [6.07, 6.45) is 0.273. The van der Waals surface area contributed by atoms with E-state index in [4.69, 9.17) is 4.74 Å². The number of hydrogen-bond donors (Lipinski definition) is 6. The average Bonchev–Trinajstić information content (AvgIpc) is 2.85. The number of rotatable bonds is 18. The molecule has 0 heterocycles. The predicted octanol–water partition coefficient (Wildman–Crippen LogP) is 2.33. The fourth-order valence-electron chi connectivity index (χ4n) is 4.22. The van der Waals surface area contributed by atoms with Gasteiger partial charge >= 0.3 is 6.09 Å². The first kappa shape index (κ1) is 40.5. The highest BCUT2D eigenvalue weighted by atomic mass is 32.2. The van der Waals surface area contributed by atoms with Gasteiger partial charge in [-0.25, -0.2) is 4.79 Å². The van der Waals surface area contributed by atoms with Gasteiger partial charge in [-0.2, -0.15) is 11.8 Å². The Balaban J connectivity index is 5.72. The van der Waals surface area contributed by atoms with Crippen LogP contribution in [-0.2, 0) is 23.9 Å². The summed E-state index contributed by atoms with van der Waals surface area (Å²) in [5, 5.41) is 24.6. The van der Waals surface area contributed by atoms with E-state index < -0.39 is 59.7 Å². The number of carbonyl (C=O) groups is 5. The van der Waals surface area contributed by atoms with E-state index in [1.807, 2.05) is 34.0 Å². The molecule has 5 amide bonds. The van der Waals surface area contributed by atoms with Crippen molar-refractivity contribution in [3.63, 3.8) is 0 Å². The van der Waals surface area contributed by atoms with Gasteiger partial charge in [-0.1, -0.05) is 41.5 Å². The van der Waals surface area contributed by atoms with Crippen molar-refractivity contribution in [1.82, 2.24) is 26.6 Å². The highest BCUT2D eigenvalue weighted by Gasteiger charge is 2.33. The van der Waals surface area contributed by atoms with Crippen LogP contribution in [0.5, 0.6) is 0 Å². The van der Waals surface area contributed by atoms with Crippen molar-refractivity contribution in [3.05, 3.63) is 0 Å². The molecule has 0 fully saturated rings. The lowest BCUT2D eigenvalue weighted by molar-refractivity contribution is -0.133. The molecule has 0 bridgehead atoms. The van der Waals surface area contributed by atoms with Crippen molar-refractivity contribution in [2.75, 3.05) is 18.6 Å². The minimum absolute atomic E-state index is 0.0735. The number of ether oxygens (including phenoxy) is 1. The van der Waals surface area contributed by atoms with Crippen LogP contribution in [0.4, 0.5) is 4.79 Å². The summed E-state index contributed by atoms with van der Waals surface area (Å²) in [6.45, 7) is 18.4. The molecule has 6 N–H and O–H groups in total. The summed E-state index contributed by atoms with van der Waals surface area (Å²) in [7, 11) is 0. The van der Waals surface area contributed by atoms with E-state index in [9.17, 15) is 29.1 Å². The first-order valence-electron chi connectivity index (χ1n) is 15.2. The molecule has 250 valence electrons. The van der Waals surface area contributed by atoms with E-state index >= 15 is 0 Å². The van der Waals surface area contributed by atoms with Crippen LogP contribution in [0.3, 0.4) is 0 Å². The van der Waals surface area contributed by atoms with Crippen LogP contribution in [0.15, 0.2) is 0 Å². The lowest BCUT2D eigenvalue weighted by Crippen LogP contribution is -2.58. The van der Waals surface area contributed by atoms with Gasteiger partial charge in [0, 0.05) is 6.54 Å². The SMILES string of the molecule is CCNC(=O)C(NC(=O)CC(O)C(CC(C)C)NC(=O)C(CCSC)NC(=O)C(NC(=O)OC(C)(C)C)C(C)C)C(C)C. The smallest absolute Gasteiger partial charge is 0.408 e. The maximum atomic E-state index is 13.5. The van der Waals surface area contributed by atoms with Crippen LogP contribution < -0.4 is 26.6 Å². The van der Waals surface area contributed by atoms with E-state index in [1.54, 1.807) is 41.5 Å². The Kier molecular flexibility index (Phi) is 18.5. The van der Waals surface area contributed by atoms with Gasteiger partial charge in [0.15, 0.2) is 0 Å². The van der Waals surface area contributed by atoms with Crippen LogP contribution in [-0.4, -0.2) is 89.3 Å². The number of hydrogen-bond acceptors (Lipinski definition) is 8. The number of aliphatic hydroxyl groups is 1. The number of thioether (sulfide) groups is 1. The molecule has 0 aromatic carbocycles. The Bertz CT molecular complexity index is 908. The van der Waals surface area contributed by atoms with Gasteiger partial charge < -0.3 is 36.4 Å². The number of aliphatic hydroxyl groups excluding tert-OH is 1. The predicted molar refractivity (Wildman–Crippen MR) is 170 cm³/mol. The number of alkyl carbamates (subject to hydrolysis) is 1. The maximum Gasteiger partial charge on any atom is 0.408 e. The van der Waals surface area contributed by atoms with Gasteiger partial charge in [0.1, 0.15) is 23.7 Å². The second kappa shape index (κ2) is 19.7. The van der Waals surface area contributed by atoms with Crippen molar-refractivity contribution in [2.24, 2.45) is 17.8 Å². The van der Waals surface area contributed by atoms with Crippen LogP contribution >= 0.6 is 11.8 Å². The Morgan fingerprint density at radius 2 is 1.37 bits per heavy atom. The number of carbonyl (C=O) groups excluding carboxylic acids is 5. The molecule has 0 radical (unpaired) electrons. The van der Waals surface area contributed by atoms with Gasteiger partial charge in [-0.15, -0.1) is 0 Å². The standard InChI is InChI=1S/C30H57N5O7S/c1-12-31-27(39)24(18(4)5)34-23(37)16-22(36)21(15-17(2)3)33-26(38)20(13-14-43-11)32-28(40)25(19(6)7)35-29(41)42-30(8,9)10/h17-22,24-25,36H,12-16H2,1-11H3,(H,31,39)(H,32,40)(H,33,38)(H,34,37)(H,35,41). The minimum Gasteiger partial charge on any atom is -0.444 e. The van der Waals surface area contributed by atoms with E-state index in [-0.39, 0.29) is 30.1 Å². The molecule has 0 rings (SSSR count). The van der Waals surface area contributed by atoms with Crippen molar-refractivity contribution in [3.8, 4) is 0 Å². The molecule has 0 aliphatic heterocycles. The van der Waals surface area contributed by atoms with Crippen LogP contribution in [0, 0.1) is 17.8 Å². The molecular formula is C30H57N5O7S. The third-order valence-electron chi connectivity index (χ3n) is 6.39. The fraction of sp³-hybridized carbons (Fsp3) is 0.833. The van der Waals surface area contributed by atoms with Gasteiger partial charge in [0.2, 0.25) is 23.6 Å². The Morgan fingerprint density at radius 1 is 0.814 bits per heavy atom. The molecular weight excluding hydrogens is 574 g/mol. The molecule has 43 heavy (non-hydrogen) atoms. The minimum atomic E-state index is -1.23. The molecule has 5 atom stereocenters. The Morgan fingerprint density at radius 3 is 1.84 bits per heavy atom. The molecule has 0 aromatic rings. The quantitative estimate of drug-likeness (QED) is 0.134. The molecule has 0 aliphatic rings. The Hall–Kier alpha value is -2.54. The number of amides is 5. The van der Waals surface area contributed by atoms with Crippen molar-refractivity contribution < 1.29 is 33.8 Å². The highest BCUT2D eigenvalue weighted by Crippen LogP contribution is 2.14. The monoisotopic (exact) mass is 631 g/mol. The summed E-state index contributed by atoms with van der Waals surface area (Å²) in [6, 6.07) is -3.43. The summed E-state index contributed by atoms with van der Waals surface area (Å²) in [4.78, 5) is 64.3. The normalized spacial score (nSPS) is 15.2. The van der Waals surface area contributed by atoms with Crippen molar-refractivity contribution in [1.29, 1.82) is 0 Å². The average molecular weight is 632 g/mol. The molecule has 13 heteroatoms. The molecule has 0 aliphatic carbocycles. The zero-order valence-electron chi connectivity index (χ0n) is 28.0. The first-order chi connectivity index (χ1) is 19.8. The second-order valence-electron chi connectivity index (χ2n) is 12.9. The van der Waals surface area contributed by atoms with Gasteiger partial charge in [0.25, 0.3) is 0 Å². The van der Waals surface area contributed by atoms with Crippen LogP contribution in [0.2, 0.25) is 0 Å². The molecule has 0 spiro atoms. The number of nitrogens with one attached hydrogen (secondary N) is 5. The molecule has 0 saturated heterocycles. The summed E-state index contributed by atoms with van der Waals surface area (Å²) >= 11 is 1.51. The zero-order valence-corrected chi connectivity index (χ0v) is 28.8. The summed E-state index contributed by atoms with van der Waals surface area (Å²) in [5.41, 5.74) is -0.746. The summed E-state index contributed by atoms with van der Waals surface area (Å²) < 4.78 is 5.30. The molecule has 0 saturated carbocycles. The zero-order chi connectivity index (χ0) is 33.5. The highest BCUT2D eigenvalue weighted by molar-refractivity contribution is 7.98. The van der Waals surface area contributed by atoms with E-state index in [0.29, 0.717) is 25.1 Å².